The van der Waals surface area contributed by atoms with Crippen LogP contribution < -0.4 is 0 Å². The molecule has 4 atom stereocenters. The van der Waals surface area contributed by atoms with E-state index in [0.29, 0.717) is 17.9 Å². The van der Waals surface area contributed by atoms with E-state index < -0.39 is 5.97 Å². The normalized spacial score (nSPS) is 52.8. The van der Waals surface area contributed by atoms with Crippen molar-refractivity contribution in [3.8, 4) is 0 Å². The molecular weight excluding hydrogens is 238 g/mol. The standard InChI is InChI=1S/C16H25NO2/c1-17-4-2-3-13(17)14-12-6-10-5-11(7-12)9-16(14,8-10)15(18)19/h10-14H,2-9H2,1H3,(H,18,19). The Bertz CT molecular complexity index is 394. The summed E-state index contributed by atoms with van der Waals surface area (Å²) >= 11 is 0. The first-order valence-corrected chi connectivity index (χ1v) is 8.04. The van der Waals surface area contributed by atoms with Crippen LogP contribution in [0.3, 0.4) is 0 Å². The highest BCUT2D eigenvalue weighted by Gasteiger charge is 2.63. The molecule has 5 rings (SSSR count). The molecule has 0 amide bonds. The molecular formula is C16H25NO2. The SMILES string of the molecule is CN1CCCC1C1C2CC3CC(C2)CC1(C(=O)O)C3. The van der Waals surface area contributed by atoms with Crippen molar-refractivity contribution in [3.63, 3.8) is 0 Å². The van der Waals surface area contributed by atoms with Crippen molar-refractivity contribution < 1.29 is 9.90 Å². The van der Waals surface area contributed by atoms with E-state index in [2.05, 4.69) is 11.9 Å². The number of likely N-dealkylation sites (tertiary alicyclic amines) is 1. The number of carboxylic acids is 1. The van der Waals surface area contributed by atoms with E-state index >= 15 is 0 Å². The smallest absolute Gasteiger partial charge is 0.310 e. The molecule has 3 nitrogen and oxygen atoms in total. The largest absolute Gasteiger partial charge is 0.481 e. The van der Waals surface area contributed by atoms with Gasteiger partial charge in [-0.15, -0.1) is 0 Å². The van der Waals surface area contributed by atoms with E-state index in [-0.39, 0.29) is 5.41 Å². The van der Waals surface area contributed by atoms with Gasteiger partial charge in [0.1, 0.15) is 0 Å². The van der Waals surface area contributed by atoms with E-state index in [4.69, 9.17) is 0 Å². The Kier molecular flexibility index (Phi) is 2.55. The van der Waals surface area contributed by atoms with Crippen LogP contribution in [0.1, 0.15) is 44.9 Å². The number of hydrogen-bond acceptors (Lipinski definition) is 2. The highest BCUT2D eigenvalue weighted by Crippen LogP contribution is 2.64. The maximum Gasteiger partial charge on any atom is 0.310 e. The zero-order valence-electron chi connectivity index (χ0n) is 11.8. The Labute approximate surface area is 115 Å². The highest BCUT2D eigenvalue weighted by molar-refractivity contribution is 5.76. The van der Waals surface area contributed by atoms with Gasteiger partial charge >= 0.3 is 5.97 Å². The van der Waals surface area contributed by atoms with Crippen LogP contribution in [0.15, 0.2) is 0 Å². The average Bonchev–Trinajstić information content (AvgIpc) is 2.74. The summed E-state index contributed by atoms with van der Waals surface area (Å²) in [4.78, 5) is 14.6. The Hall–Kier alpha value is -0.570. The molecule has 1 aliphatic heterocycles. The molecule has 4 aliphatic carbocycles. The van der Waals surface area contributed by atoms with Crippen molar-refractivity contribution in [2.24, 2.45) is 29.1 Å². The molecule has 4 unspecified atom stereocenters. The number of rotatable bonds is 2. The lowest BCUT2D eigenvalue weighted by atomic mass is 9.43. The van der Waals surface area contributed by atoms with Gasteiger partial charge in [0.15, 0.2) is 0 Å². The monoisotopic (exact) mass is 263 g/mol. The van der Waals surface area contributed by atoms with Crippen LogP contribution in [-0.2, 0) is 4.79 Å². The molecule has 106 valence electrons. The maximum atomic E-state index is 12.1. The minimum Gasteiger partial charge on any atom is -0.481 e. The van der Waals surface area contributed by atoms with Crippen molar-refractivity contribution in [3.05, 3.63) is 0 Å². The molecule has 0 aromatic heterocycles. The van der Waals surface area contributed by atoms with Crippen molar-refractivity contribution in [2.45, 2.75) is 51.0 Å². The zero-order chi connectivity index (χ0) is 13.2. The minimum atomic E-state index is -0.475. The third-order valence-electron chi connectivity index (χ3n) is 6.81. The summed E-state index contributed by atoms with van der Waals surface area (Å²) in [6.07, 6.45) is 8.39. The number of carbonyl (C=O) groups is 1. The van der Waals surface area contributed by atoms with Crippen LogP contribution in [0, 0.1) is 29.1 Å². The number of hydrogen-bond donors (Lipinski definition) is 1. The molecule has 5 aliphatic rings. The zero-order valence-corrected chi connectivity index (χ0v) is 11.8. The number of carboxylic acid groups (broad SMARTS) is 1. The molecule has 19 heavy (non-hydrogen) atoms. The second-order valence-corrected chi connectivity index (χ2v) is 7.78. The summed E-state index contributed by atoms with van der Waals surface area (Å²) in [6, 6.07) is 0.543. The van der Waals surface area contributed by atoms with Gasteiger partial charge in [-0.05, 0) is 82.2 Å². The molecule has 0 aromatic carbocycles. The Morgan fingerprint density at radius 2 is 1.89 bits per heavy atom. The predicted octanol–water partition coefficient (Wildman–Crippen LogP) is 2.61. The summed E-state index contributed by atoms with van der Waals surface area (Å²) in [7, 11) is 2.21. The topological polar surface area (TPSA) is 40.5 Å². The van der Waals surface area contributed by atoms with Crippen molar-refractivity contribution >= 4 is 5.97 Å². The lowest BCUT2D eigenvalue weighted by Gasteiger charge is -2.61. The Morgan fingerprint density at radius 1 is 1.21 bits per heavy atom. The van der Waals surface area contributed by atoms with E-state index in [1.54, 1.807) is 0 Å². The van der Waals surface area contributed by atoms with Gasteiger partial charge in [0, 0.05) is 6.04 Å². The fraction of sp³-hybridized carbons (Fsp3) is 0.938. The predicted molar refractivity (Wildman–Crippen MR) is 72.8 cm³/mol. The molecule has 1 heterocycles. The third-order valence-corrected chi connectivity index (χ3v) is 6.81. The molecule has 0 aromatic rings. The summed E-state index contributed by atoms with van der Waals surface area (Å²) in [5.74, 6) is 2.10. The van der Waals surface area contributed by atoms with Crippen LogP contribution >= 0.6 is 0 Å². The van der Waals surface area contributed by atoms with Crippen LogP contribution in [0.25, 0.3) is 0 Å². The van der Waals surface area contributed by atoms with Gasteiger partial charge in [0.25, 0.3) is 0 Å². The van der Waals surface area contributed by atoms with E-state index in [0.717, 1.165) is 31.2 Å². The van der Waals surface area contributed by atoms with Crippen LogP contribution in [-0.4, -0.2) is 35.6 Å². The quantitative estimate of drug-likeness (QED) is 0.832. The average molecular weight is 263 g/mol. The molecule has 0 spiro atoms. The number of aliphatic carboxylic acids is 1. The lowest BCUT2D eigenvalue weighted by molar-refractivity contribution is -0.183. The third kappa shape index (κ3) is 1.57. The molecule has 4 saturated carbocycles. The van der Waals surface area contributed by atoms with Crippen LogP contribution in [0.2, 0.25) is 0 Å². The van der Waals surface area contributed by atoms with Gasteiger partial charge in [0.05, 0.1) is 5.41 Å². The van der Waals surface area contributed by atoms with Gasteiger partial charge < -0.3 is 10.0 Å². The van der Waals surface area contributed by atoms with Gasteiger partial charge in [-0.25, -0.2) is 0 Å². The van der Waals surface area contributed by atoms with Crippen molar-refractivity contribution in [1.29, 1.82) is 0 Å². The Morgan fingerprint density at radius 3 is 2.42 bits per heavy atom. The molecule has 3 heteroatoms. The first-order valence-electron chi connectivity index (χ1n) is 8.04. The van der Waals surface area contributed by atoms with Crippen LogP contribution in [0.4, 0.5) is 0 Å². The van der Waals surface area contributed by atoms with E-state index in [1.165, 1.54) is 32.1 Å². The fourth-order valence-electron chi connectivity index (χ4n) is 6.47. The molecule has 4 bridgehead atoms. The summed E-state index contributed by atoms with van der Waals surface area (Å²) in [5, 5.41) is 9.98. The molecule has 1 N–H and O–H groups in total. The molecule has 0 radical (unpaired) electrons. The maximum absolute atomic E-state index is 12.1. The first kappa shape index (κ1) is 12.2. The highest BCUT2D eigenvalue weighted by atomic mass is 16.4. The lowest BCUT2D eigenvalue weighted by Crippen LogP contribution is -2.61. The second-order valence-electron chi connectivity index (χ2n) is 7.78. The van der Waals surface area contributed by atoms with Gasteiger partial charge in [-0.3, -0.25) is 4.79 Å². The minimum absolute atomic E-state index is 0.363. The number of nitrogens with zero attached hydrogens (tertiary/aromatic N) is 1. The summed E-state index contributed by atoms with van der Waals surface area (Å²) in [5.41, 5.74) is -0.363. The van der Waals surface area contributed by atoms with Crippen molar-refractivity contribution in [1.82, 2.24) is 4.90 Å². The molecule has 1 saturated heterocycles. The fourth-order valence-corrected chi connectivity index (χ4v) is 6.47. The van der Waals surface area contributed by atoms with Gasteiger partial charge in [-0.1, -0.05) is 0 Å². The first-order chi connectivity index (χ1) is 9.10. The molecule has 5 fully saturated rings. The van der Waals surface area contributed by atoms with Gasteiger partial charge in [-0.2, -0.15) is 0 Å². The van der Waals surface area contributed by atoms with Crippen LogP contribution in [0.5, 0.6) is 0 Å². The van der Waals surface area contributed by atoms with Gasteiger partial charge in [0.2, 0.25) is 0 Å². The van der Waals surface area contributed by atoms with Crippen molar-refractivity contribution in [2.75, 3.05) is 13.6 Å². The second kappa shape index (κ2) is 3.97. The summed E-state index contributed by atoms with van der Waals surface area (Å²) < 4.78 is 0. The van der Waals surface area contributed by atoms with E-state index in [1.807, 2.05) is 0 Å². The summed E-state index contributed by atoms with van der Waals surface area (Å²) in [6.45, 7) is 1.16. The van der Waals surface area contributed by atoms with E-state index in [9.17, 15) is 9.90 Å². The Balaban J connectivity index is 1.73.